The predicted molar refractivity (Wildman–Crippen MR) is 81.2 cm³/mol. The molecule has 1 aromatic heterocycles. The molecule has 7 heteroatoms. The van der Waals surface area contributed by atoms with Gasteiger partial charge in [-0.15, -0.1) is 5.10 Å². The van der Waals surface area contributed by atoms with Gasteiger partial charge in [0.15, 0.2) is 5.82 Å². The van der Waals surface area contributed by atoms with Crippen molar-refractivity contribution in [3.05, 3.63) is 24.3 Å². The van der Waals surface area contributed by atoms with Crippen molar-refractivity contribution in [2.75, 3.05) is 18.4 Å². The summed E-state index contributed by atoms with van der Waals surface area (Å²) in [6, 6.07) is 8.91. The molecule has 0 unspecified atom stereocenters. The van der Waals surface area contributed by atoms with E-state index in [1.54, 1.807) is 6.92 Å². The van der Waals surface area contributed by atoms with Gasteiger partial charge in [-0.1, -0.05) is 12.1 Å². The van der Waals surface area contributed by atoms with Gasteiger partial charge in [-0.25, -0.2) is 4.68 Å². The third kappa shape index (κ3) is 2.43. The van der Waals surface area contributed by atoms with Gasteiger partial charge in [0.1, 0.15) is 0 Å². The highest BCUT2D eigenvalue weighted by molar-refractivity contribution is 5.74. The number of rotatable bonds is 4. The summed E-state index contributed by atoms with van der Waals surface area (Å²) in [5, 5.41) is 15.5. The highest BCUT2D eigenvalue weighted by Crippen LogP contribution is 2.36. The molecule has 0 radical (unpaired) electrons. The summed E-state index contributed by atoms with van der Waals surface area (Å²) in [6.07, 6.45) is 2.30. The highest BCUT2D eigenvalue weighted by atomic mass is 16.2. The van der Waals surface area contributed by atoms with E-state index in [9.17, 15) is 4.79 Å². The van der Waals surface area contributed by atoms with E-state index in [0.29, 0.717) is 12.1 Å². The average Bonchev–Trinajstić information content (AvgIpc) is 3.19. The van der Waals surface area contributed by atoms with E-state index < -0.39 is 0 Å². The average molecular weight is 298 g/mol. The topological polar surface area (TPSA) is 75.9 Å². The van der Waals surface area contributed by atoms with Crippen molar-refractivity contribution in [3.8, 4) is 11.4 Å². The molecule has 0 spiro atoms. The van der Waals surface area contributed by atoms with Crippen LogP contribution in [0.5, 0.6) is 0 Å². The number of nitrogens with zero attached hydrogens (tertiary/aromatic N) is 5. The Balaban J connectivity index is 1.49. The van der Waals surface area contributed by atoms with Crippen LogP contribution in [0.2, 0.25) is 0 Å². The zero-order chi connectivity index (χ0) is 15.1. The van der Waals surface area contributed by atoms with Gasteiger partial charge in [0.25, 0.3) is 0 Å². The van der Waals surface area contributed by atoms with Gasteiger partial charge in [0, 0.05) is 31.3 Å². The standard InChI is InChI=1S/C15H18N6O/c1-10(22)20-8-13(9-20)16-12-4-2-3-11(7-12)15-17-18-19-21(15)14-5-6-14/h2-4,7,13-14,16H,5-6,8-9H2,1H3. The first-order valence-corrected chi connectivity index (χ1v) is 7.61. The maximum absolute atomic E-state index is 11.2. The first kappa shape index (κ1) is 13.2. The number of carbonyl (C=O) groups excluding carboxylic acids is 1. The van der Waals surface area contributed by atoms with Gasteiger partial charge in [0.05, 0.1) is 12.1 Å². The molecule has 4 rings (SSSR count). The fraction of sp³-hybridized carbons (Fsp3) is 0.467. The summed E-state index contributed by atoms with van der Waals surface area (Å²) in [5.74, 6) is 0.959. The van der Waals surface area contributed by atoms with Gasteiger partial charge in [0.2, 0.25) is 5.91 Å². The van der Waals surface area contributed by atoms with Crippen molar-refractivity contribution in [1.82, 2.24) is 25.1 Å². The van der Waals surface area contributed by atoms with E-state index in [-0.39, 0.29) is 5.91 Å². The normalized spacial score (nSPS) is 18.1. The largest absolute Gasteiger partial charge is 0.379 e. The summed E-state index contributed by atoms with van der Waals surface area (Å²) in [7, 11) is 0. The Bertz CT molecular complexity index is 702. The van der Waals surface area contributed by atoms with E-state index in [0.717, 1.165) is 43.0 Å². The van der Waals surface area contributed by atoms with Crippen molar-refractivity contribution >= 4 is 11.6 Å². The van der Waals surface area contributed by atoms with E-state index in [2.05, 4.69) is 26.9 Å². The summed E-state index contributed by atoms with van der Waals surface area (Å²) < 4.78 is 1.92. The Morgan fingerprint density at radius 2 is 2.14 bits per heavy atom. The number of anilines is 1. The first-order chi connectivity index (χ1) is 10.7. The molecule has 2 fully saturated rings. The quantitative estimate of drug-likeness (QED) is 0.921. The van der Waals surface area contributed by atoms with Crippen molar-refractivity contribution in [2.45, 2.75) is 31.8 Å². The molecular weight excluding hydrogens is 280 g/mol. The summed E-state index contributed by atoms with van der Waals surface area (Å²) in [5.41, 5.74) is 2.06. The van der Waals surface area contributed by atoms with Gasteiger partial charge < -0.3 is 10.2 Å². The van der Waals surface area contributed by atoms with Gasteiger partial charge >= 0.3 is 0 Å². The van der Waals surface area contributed by atoms with Crippen molar-refractivity contribution in [1.29, 1.82) is 0 Å². The van der Waals surface area contributed by atoms with Crippen LogP contribution in [-0.4, -0.2) is 50.1 Å². The van der Waals surface area contributed by atoms with E-state index in [4.69, 9.17) is 0 Å². The first-order valence-electron chi connectivity index (χ1n) is 7.61. The Hall–Kier alpha value is -2.44. The van der Waals surface area contributed by atoms with Crippen LogP contribution in [0.3, 0.4) is 0 Å². The SMILES string of the molecule is CC(=O)N1CC(Nc2cccc(-c3nnnn3C3CC3)c2)C1. The molecule has 1 saturated heterocycles. The zero-order valence-electron chi connectivity index (χ0n) is 12.4. The molecule has 7 nitrogen and oxygen atoms in total. The van der Waals surface area contributed by atoms with Crippen LogP contribution >= 0.6 is 0 Å². The lowest BCUT2D eigenvalue weighted by molar-refractivity contribution is -0.132. The molecule has 1 aliphatic heterocycles. The fourth-order valence-corrected chi connectivity index (χ4v) is 2.76. The molecule has 1 amide bonds. The van der Waals surface area contributed by atoms with Crippen molar-refractivity contribution in [3.63, 3.8) is 0 Å². The number of aromatic nitrogens is 4. The molecule has 1 aliphatic carbocycles. The van der Waals surface area contributed by atoms with Crippen LogP contribution in [0.15, 0.2) is 24.3 Å². The molecule has 0 atom stereocenters. The summed E-state index contributed by atoms with van der Waals surface area (Å²) in [4.78, 5) is 13.0. The van der Waals surface area contributed by atoms with Gasteiger partial charge in [-0.05, 0) is 35.4 Å². The van der Waals surface area contributed by atoms with Crippen LogP contribution in [-0.2, 0) is 4.79 Å². The number of benzene rings is 1. The predicted octanol–water partition coefficient (Wildman–Crippen LogP) is 1.32. The van der Waals surface area contributed by atoms with E-state index in [1.807, 2.05) is 27.8 Å². The third-order valence-electron chi connectivity index (χ3n) is 4.20. The maximum atomic E-state index is 11.2. The Morgan fingerprint density at radius 1 is 1.32 bits per heavy atom. The lowest BCUT2D eigenvalue weighted by Gasteiger charge is -2.39. The molecule has 2 aliphatic rings. The third-order valence-corrected chi connectivity index (χ3v) is 4.20. The molecule has 0 bridgehead atoms. The number of tetrazole rings is 1. The van der Waals surface area contributed by atoms with Crippen LogP contribution in [0.4, 0.5) is 5.69 Å². The van der Waals surface area contributed by atoms with Gasteiger partial charge in [-0.3, -0.25) is 4.79 Å². The minimum Gasteiger partial charge on any atom is -0.379 e. The van der Waals surface area contributed by atoms with Crippen molar-refractivity contribution < 1.29 is 4.79 Å². The molecule has 1 N–H and O–H groups in total. The fourth-order valence-electron chi connectivity index (χ4n) is 2.76. The second kappa shape index (κ2) is 5.08. The van der Waals surface area contributed by atoms with Crippen molar-refractivity contribution in [2.24, 2.45) is 0 Å². The summed E-state index contributed by atoms with van der Waals surface area (Å²) >= 11 is 0. The van der Waals surface area contributed by atoms with E-state index >= 15 is 0 Å². The summed E-state index contributed by atoms with van der Waals surface area (Å²) in [6.45, 7) is 3.13. The zero-order valence-corrected chi connectivity index (χ0v) is 12.4. The highest BCUT2D eigenvalue weighted by Gasteiger charge is 2.29. The molecule has 1 aromatic carbocycles. The molecule has 22 heavy (non-hydrogen) atoms. The van der Waals surface area contributed by atoms with Crippen LogP contribution in [0.25, 0.3) is 11.4 Å². The molecular formula is C15H18N6O. The van der Waals surface area contributed by atoms with Crippen LogP contribution in [0.1, 0.15) is 25.8 Å². The molecule has 2 heterocycles. The smallest absolute Gasteiger partial charge is 0.219 e. The van der Waals surface area contributed by atoms with Crippen LogP contribution in [0, 0.1) is 0 Å². The Morgan fingerprint density at radius 3 is 2.86 bits per heavy atom. The van der Waals surface area contributed by atoms with Gasteiger partial charge in [-0.2, -0.15) is 0 Å². The number of carbonyl (C=O) groups is 1. The Kier molecular flexibility index (Phi) is 3.06. The number of amides is 1. The van der Waals surface area contributed by atoms with E-state index in [1.165, 1.54) is 0 Å². The lowest BCUT2D eigenvalue weighted by atomic mass is 10.1. The monoisotopic (exact) mass is 298 g/mol. The lowest BCUT2D eigenvalue weighted by Crippen LogP contribution is -2.56. The second-order valence-electron chi connectivity index (χ2n) is 6.02. The molecule has 2 aromatic rings. The number of hydrogen-bond acceptors (Lipinski definition) is 5. The minimum atomic E-state index is 0.135. The Labute approximate surface area is 128 Å². The molecule has 114 valence electrons. The number of likely N-dealkylation sites (tertiary alicyclic amines) is 1. The maximum Gasteiger partial charge on any atom is 0.219 e. The van der Waals surface area contributed by atoms with Crippen LogP contribution < -0.4 is 5.32 Å². The number of hydrogen-bond donors (Lipinski definition) is 1. The molecule has 1 saturated carbocycles. The number of nitrogens with one attached hydrogen (secondary N) is 1. The minimum absolute atomic E-state index is 0.135. The second-order valence-corrected chi connectivity index (χ2v) is 6.02.